The first-order valence-corrected chi connectivity index (χ1v) is 6.03. The van der Waals surface area contributed by atoms with Crippen LogP contribution in [0.25, 0.3) is 0 Å². The Morgan fingerprint density at radius 1 is 1.50 bits per heavy atom. The topological polar surface area (TPSA) is 33.2 Å². The molecule has 3 nitrogen and oxygen atoms in total. The fraction of sp³-hybridized carbons (Fsp3) is 0.455. The summed E-state index contributed by atoms with van der Waals surface area (Å²) in [6.45, 7) is 1.36. The van der Waals surface area contributed by atoms with Crippen LogP contribution >= 0.6 is 23.2 Å². The number of piperidine rings is 1. The van der Waals surface area contributed by atoms with Crippen LogP contribution < -0.4 is 0 Å². The number of rotatable bonds is 1. The zero-order valence-corrected chi connectivity index (χ0v) is 10.2. The van der Waals surface area contributed by atoms with Gasteiger partial charge in [0.15, 0.2) is 0 Å². The van der Waals surface area contributed by atoms with Gasteiger partial charge in [-0.3, -0.25) is 4.79 Å². The number of pyridine rings is 1. The minimum atomic E-state index is -0.0676. The molecule has 1 aliphatic heterocycles. The molecule has 0 spiro atoms. The number of amides is 1. The van der Waals surface area contributed by atoms with Gasteiger partial charge in [-0.05, 0) is 25.0 Å². The summed E-state index contributed by atoms with van der Waals surface area (Å²) in [5, 5.41) is 0.593. The van der Waals surface area contributed by atoms with Gasteiger partial charge in [-0.2, -0.15) is 0 Å². The number of halogens is 2. The zero-order chi connectivity index (χ0) is 11.5. The van der Waals surface area contributed by atoms with E-state index in [1.165, 1.54) is 6.20 Å². The smallest absolute Gasteiger partial charge is 0.272 e. The molecule has 1 saturated heterocycles. The molecule has 0 saturated carbocycles. The molecule has 1 atom stereocenters. The lowest BCUT2D eigenvalue weighted by atomic mass is 10.1. The van der Waals surface area contributed by atoms with E-state index in [0.29, 0.717) is 17.3 Å². The number of carbonyl (C=O) groups is 1. The van der Waals surface area contributed by atoms with Crippen molar-refractivity contribution in [2.45, 2.75) is 18.2 Å². The van der Waals surface area contributed by atoms with E-state index in [4.69, 9.17) is 23.2 Å². The van der Waals surface area contributed by atoms with Gasteiger partial charge in [0.2, 0.25) is 0 Å². The molecule has 86 valence electrons. The molecule has 1 aromatic rings. The summed E-state index contributed by atoms with van der Waals surface area (Å²) in [5.41, 5.74) is 0.426. The van der Waals surface area contributed by atoms with E-state index < -0.39 is 0 Å². The Balaban J connectivity index is 2.09. The van der Waals surface area contributed by atoms with Gasteiger partial charge in [-0.1, -0.05) is 11.6 Å². The fourth-order valence-corrected chi connectivity index (χ4v) is 2.21. The number of likely N-dealkylation sites (tertiary alicyclic amines) is 1. The van der Waals surface area contributed by atoms with Gasteiger partial charge in [0.05, 0.1) is 10.4 Å². The van der Waals surface area contributed by atoms with E-state index in [9.17, 15) is 4.79 Å². The van der Waals surface area contributed by atoms with Crippen LogP contribution in [0.3, 0.4) is 0 Å². The lowest BCUT2D eigenvalue weighted by Crippen LogP contribution is -2.40. The first kappa shape index (κ1) is 11.7. The van der Waals surface area contributed by atoms with Crippen molar-refractivity contribution in [1.82, 2.24) is 9.88 Å². The number of nitrogens with zero attached hydrogens (tertiary/aromatic N) is 2. The van der Waals surface area contributed by atoms with Crippen molar-refractivity contribution in [3.8, 4) is 0 Å². The van der Waals surface area contributed by atoms with Gasteiger partial charge in [0, 0.05) is 19.3 Å². The average molecular weight is 259 g/mol. The predicted molar refractivity (Wildman–Crippen MR) is 64.0 cm³/mol. The summed E-state index contributed by atoms with van der Waals surface area (Å²) in [5.74, 6) is -0.0676. The molecular weight excluding hydrogens is 247 g/mol. The van der Waals surface area contributed by atoms with E-state index in [1.807, 2.05) is 0 Å². The van der Waals surface area contributed by atoms with Crippen molar-refractivity contribution >= 4 is 29.1 Å². The predicted octanol–water partition coefficient (Wildman–Crippen LogP) is 2.58. The fourth-order valence-electron chi connectivity index (χ4n) is 1.77. The Morgan fingerprint density at radius 3 is 2.94 bits per heavy atom. The molecule has 2 rings (SSSR count). The first-order chi connectivity index (χ1) is 7.66. The van der Waals surface area contributed by atoms with Crippen LogP contribution in [-0.2, 0) is 0 Å². The minimum absolute atomic E-state index is 0.0602. The van der Waals surface area contributed by atoms with Gasteiger partial charge in [-0.25, -0.2) is 4.98 Å². The Labute approximate surface area is 104 Å². The second-order valence-corrected chi connectivity index (χ2v) is 4.91. The quantitative estimate of drug-likeness (QED) is 0.726. The maximum absolute atomic E-state index is 12.0. The Morgan fingerprint density at radius 2 is 2.31 bits per heavy atom. The van der Waals surface area contributed by atoms with Crippen LogP contribution in [0.4, 0.5) is 0 Å². The molecule has 0 radical (unpaired) electrons. The van der Waals surface area contributed by atoms with Crippen LogP contribution in [-0.4, -0.2) is 34.3 Å². The van der Waals surface area contributed by atoms with Crippen molar-refractivity contribution in [1.29, 1.82) is 0 Å². The van der Waals surface area contributed by atoms with Gasteiger partial charge >= 0.3 is 0 Å². The van der Waals surface area contributed by atoms with Gasteiger partial charge in [0.25, 0.3) is 5.91 Å². The Bertz CT molecular complexity index is 380. The first-order valence-electron chi connectivity index (χ1n) is 5.22. The second kappa shape index (κ2) is 5.02. The van der Waals surface area contributed by atoms with Crippen LogP contribution in [0.2, 0.25) is 5.02 Å². The average Bonchev–Trinajstić information content (AvgIpc) is 2.29. The number of hydrogen-bond donors (Lipinski definition) is 0. The normalized spacial score (nSPS) is 20.9. The van der Waals surface area contributed by atoms with Crippen LogP contribution in [0, 0.1) is 0 Å². The highest BCUT2D eigenvalue weighted by Crippen LogP contribution is 2.17. The maximum Gasteiger partial charge on any atom is 0.272 e. The van der Waals surface area contributed by atoms with Crippen LogP contribution in [0.1, 0.15) is 23.3 Å². The summed E-state index contributed by atoms with van der Waals surface area (Å²) in [6.07, 6.45) is 3.41. The van der Waals surface area contributed by atoms with Gasteiger partial charge < -0.3 is 4.90 Å². The monoisotopic (exact) mass is 258 g/mol. The number of alkyl halides is 1. The zero-order valence-electron chi connectivity index (χ0n) is 8.70. The molecule has 16 heavy (non-hydrogen) atoms. The minimum Gasteiger partial charge on any atom is -0.336 e. The number of carbonyl (C=O) groups excluding carboxylic acids is 1. The van der Waals surface area contributed by atoms with Crippen molar-refractivity contribution in [3.05, 3.63) is 29.0 Å². The molecule has 1 unspecified atom stereocenters. The van der Waals surface area contributed by atoms with Crippen molar-refractivity contribution in [2.24, 2.45) is 0 Å². The van der Waals surface area contributed by atoms with E-state index in [0.717, 1.165) is 19.4 Å². The summed E-state index contributed by atoms with van der Waals surface area (Å²) in [4.78, 5) is 17.8. The summed E-state index contributed by atoms with van der Waals surface area (Å²) in [7, 11) is 0. The summed E-state index contributed by atoms with van der Waals surface area (Å²) < 4.78 is 0. The molecule has 0 aromatic carbocycles. The molecule has 1 fully saturated rings. The van der Waals surface area contributed by atoms with E-state index in [1.54, 1.807) is 17.0 Å². The van der Waals surface area contributed by atoms with Crippen LogP contribution in [0.15, 0.2) is 18.3 Å². The molecular formula is C11H12Cl2N2O. The molecule has 0 bridgehead atoms. The van der Waals surface area contributed by atoms with Crippen molar-refractivity contribution < 1.29 is 4.79 Å². The standard InChI is InChI=1S/C11H12Cl2N2O/c12-8-3-4-10(14-6-8)11(16)15-5-1-2-9(13)7-15/h3-4,6,9H,1-2,5,7H2. The third kappa shape index (κ3) is 2.66. The molecule has 1 amide bonds. The van der Waals surface area contributed by atoms with E-state index in [-0.39, 0.29) is 11.3 Å². The third-order valence-corrected chi connectivity index (χ3v) is 3.18. The second-order valence-electron chi connectivity index (χ2n) is 3.85. The molecule has 2 heterocycles. The SMILES string of the molecule is O=C(c1ccc(Cl)cn1)N1CCCC(Cl)C1. The highest BCUT2D eigenvalue weighted by atomic mass is 35.5. The van der Waals surface area contributed by atoms with Crippen molar-refractivity contribution in [3.63, 3.8) is 0 Å². The lowest BCUT2D eigenvalue weighted by molar-refractivity contribution is 0.0721. The summed E-state index contributed by atoms with van der Waals surface area (Å²) in [6, 6.07) is 3.31. The largest absolute Gasteiger partial charge is 0.336 e. The highest BCUT2D eigenvalue weighted by molar-refractivity contribution is 6.30. The Kier molecular flexibility index (Phi) is 3.66. The molecule has 5 heteroatoms. The van der Waals surface area contributed by atoms with Crippen LogP contribution in [0.5, 0.6) is 0 Å². The lowest BCUT2D eigenvalue weighted by Gasteiger charge is -2.29. The van der Waals surface area contributed by atoms with Crippen molar-refractivity contribution in [2.75, 3.05) is 13.1 Å². The van der Waals surface area contributed by atoms with E-state index in [2.05, 4.69) is 4.98 Å². The maximum atomic E-state index is 12.0. The molecule has 0 aliphatic carbocycles. The number of hydrogen-bond acceptors (Lipinski definition) is 2. The molecule has 1 aliphatic rings. The van der Waals surface area contributed by atoms with Gasteiger partial charge in [-0.15, -0.1) is 11.6 Å². The van der Waals surface area contributed by atoms with Gasteiger partial charge in [0.1, 0.15) is 5.69 Å². The number of aromatic nitrogens is 1. The highest BCUT2D eigenvalue weighted by Gasteiger charge is 2.23. The van der Waals surface area contributed by atoms with E-state index >= 15 is 0 Å². The molecule has 0 N–H and O–H groups in total. The summed E-state index contributed by atoms with van der Waals surface area (Å²) >= 11 is 11.7. The molecule has 1 aromatic heterocycles. The Hall–Kier alpha value is -0.800. The third-order valence-electron chi connectivity index (χ3n) is 2.60.